The van der Waals surface area contributed by atoms with Crippen molar-refractivity contribution in [3.63, 3.8) is 0 Å². The van der Waals surface area contributed by atoms with Crippen LogP contribution in [0.2, 0.25) is 0 Å². The standard InChI is InChI=1S/C12H18FN3/c1-15-2-4-16(5-3-15)12-7-10(9-14)6-11(13)8-12/h6-8H,2-5,9,14H2,1H3. The highest BCUT2D eigenvalue weighted by molar-refractivity contribution is 5.49. The molecule has 4 heteroatoms. The van der Waals surface area contributed by atoms with Crippen LogP contribution >= 0.6 is 0 Å². The summed E-state index contributed by atoms with van der Waals surface area (Å²) in [7, 11) is 2.11. The zero-order valence-electron chi connectivity index (χ0n) is 9.62. The lowest BCUT2D eigenvalue weighted by Gasteiger charge is -2.34. The Balaban J connectivity index is 2.16. The molecule has 1 aromatic carbocycles. The van der Waals surface area contributed by atoms with Gasteiger partial charge in [0.15, 0.2) is 0 Å². The average molecular weight is 223 g/mol. The van der Waals surface area contributed by atoms with E-state index in [0.29, 0.717) is 6.54 Å². The molecule has 3 nitrogen and oxygen atoms in total. The maximum absolute atomic E-state index is 13.4. The fourth-order valence-electron chi connectivity index (χ4n) is 2.00. The molecule has 1 aliphatic rings. The van der Waals surface area contributed by atoms with Crippen LogP contribution in [0.3, 0.4) is 0 Å². The number of nitrogens with two attached hydrogens (primary N) is 1. The quantitative estimate of drug-likeness (QED) is 0.813. The number of benzene rings is 1. The number of likely N-dealkylation sites (N-methyl/N-ethyl adjacent to an activating group) is 1. The molecule has 0 spiro atoms. The number of piperazine rings is 1. The molecule has 0 saturated carbocycles. The van der Waals surface area contributed by atoms with Crippen molar-refractivity contribution >= 4 is 5.69 Å². The van der Waals surface area contributed by atoms with Gasteiger partial charge in [-0.05, 0) is 30.8 Å². The van der Waals surface area contributed by atoms with Gasteiger partial charge in [0.05, 0.1) is 0 Å². The third kappa shape index (κ3) is 2.51. The molecule has 0 aliphatic carbocycles. The van der Waals surface area contributed by atoms with Crippen LogP contribution in [0.1, 0.15) is 5.56 Å². The summed E-state index contributed by atoms with van der Waals surface area (Å²) >= 11 is 0. The highest BCUT2D eigenvalue weighted by atomic mass is 19.1. The van der Waals surface area contributed by atoms with Crippen LogP contribution in [-0.4, -0.2) is 38.1 Å². The van der Waals surface area contributed by atoms with E-state index in [1.54, 1.807) is 6.07 Å². The summed E-state index contributed by atoms with van der Waals surface area (Å²) in [5.74, 6) is -0.197. The van der Waals surface area contributed by atoms with E-state index in [2.05, 4.69) is 16.8 Å². The number of anilines is 1. The van der Waals surface area contributed by atoms with Gasteiger partial charge in [0.25, 0.3) is 0 Å². The van der Waals surface area contributed by atoms with E-state index in [-0.39, 0.29) is 5.82 Å². The SMILES string of the molecule is CN1CCN(c2cc(F)cc(CN)c2)CC1. The highest BCUT2D eigenvalue weighted by Gasteiger charge is 2.15. The molecule has 88 valence electrons. The molecule has 0 atom stereocenters. The molecular formula is C12H18FN3. The van der Waals surface area contributed by atoms with Crippen molar-refractivity contribution in [2.24, 2.45) is 5.73 Å². The molecule has 0 radical (unpaired) electrons. The van der Waals surface area contributed by atoms with Gasteiger partial charge in [-0.25, -0.2) is 4.39 Å². The van der Waals surface area contributed by atoms with Crippen LogP contribution in [0.25, 0.3) is 0 Å². The van der Waals surface area contributed by atoms with Crippen LogP contribution in [0, 0.1) is 5.82 Å². The van der Waals surface area contributed by atoms with Gasteiger partial charge >= 0.3 is 0 Å². The molecule has 1 heterocycles. The van der Waals surface area contributed by atoms with Crippen molar-refractivity contribution in [3.05, 3.63) is 29.6 Å². The van der Waals surface area contributed by atoms with Crippen LogP contribution in [-0.2, 0) is 6.54 Å². The lowest BCUT2D eigenvalue weighted by molar-refractivity contribution is 0.312. The molecule has 2 N–H and O–H groups in total. The maximum atomic E-state index is 13.4. The van der Waals surface area contributed by atoms with Crippen molar-refractivity contribution in [1.82, 2.24) is 4.90 Å². The van der Waals surface area contributed by atoms with Crippen molar-refractivity contribution in [2.45, 2.75) is 6.54 Å². The van der Waals surface area contributed by atoms with Gasteiger partial charge in [-0.3, -0.25) is 0 Å². The summed E-state index contributed by atoms with van der Waals surface area (Å²) in [5, 5.41) is 0. The Bertz CT molecular complexity index is 359. The van der Waals surface area contributed by atoms with E-state index >= 15 is 0 Å². The Morgan fingerprint density at radius 2 is 1.88 bits per heavy atom. The monoisotopic (exact) mass is 223 g/mol. The Kier molecular flexibility index (Phi) is 3.41. The molecular weight excluding hydrogens is 205 g/mol. The predicted molar refractivity (Wildman–Crippen MR) is 64.0 cm³/mol. The second-order valence-corrected chi connectivity index (χ2v) is 4.31. The summed E-state index contributed by atoms with van der Waals surface area (Å²) in [6, 6.07) is 5.07. The summed E-state index contributed by atoms with van der Waals surface area (Å²) in [5.41, 5.74) is 7.35. The number of nitrogens with zero attached hydrogens (tertiary/aromatic N) is 2. The van der Waals surface area contributed by atoms with E-state index in [4.69, 9.17) is 5.73 Å². The minimum absolute atomic E-state index is 0.197. The van der Waals surface area contributed by atoms with E-state index in [1.807, 2.05) is 6.07 Å². The van der Waals surface area contributed by atoms with Gasteiger partial charge in [0.2, 0.25) is 0 Å². The van der Waals surface area contributed by atoms with Crippen molar-refractivity contribution < 1.29 is 4.39 Å². The Morgan fingerprint density at radius 1 is 1.19 bits per heavy atom. The fraction of sp³-hybridized carbons (Fsp3) is 0.500. The minimum Gasteiger partial charge on any atom is -0.369 e. The molecule has 2 rings (SSSR count). The van der Waals surface area contributed by atoms with Crippen LogP contribution in [0.4, 0.5) is 10.1 Å². The maximum Gasteiger partial charge on any atom is 0.125 e. The third-order valence-electron chi connectivity index (χ3n) is 3.05. The van der Waals surface area contributed by atoms with Crippen molar-refractivity contribution in [1.29, 1.82) is 0 Å². The molecule has 0 unspecified atom stereocenters. The molecule has 1 saturated heterocycles. The van der Waals surface area contributed by atoms with Crippen LogP contribution < -0.4 is 10.6 Å². The van der Waals surface area contributed by atoms with Crippen LogP contribution in [0.15, 0.2) is 18.2 Å². The Hall–Kier alpha value is -1.13. The lowest BCUT2D eigenvalue weighted by Crippen LogP contribution is -2.44. The molecule has 0 aromatic heterocycles. The fourth-order valence-corrected chi connectivity index (χ4v) is 2.00. The first-order chi connectivity index (χ1) is 7.69. The van der Waals surface area contributed by atoms with E-state index in [9.17, 15) is 4.39 Å². The zero-order valence-corrected chi connectivity index (χ0v) is 9.62. The molecule has 1 aromatic rings. The topological polar surface area (TPSA) is 32.5 Å². The molecule has 0 amide bonds. The number of rotatable bonds is 2. The first-order valence-electron chi connectivity index (χ1n) is 5.62. The normalized spacial score (nSPS) is 17.8. The Labute approximate surface area is 95.6 Å². The van der Waals surface area contributed by atoms with Crippen molar-refractivity contribution in [2.75, 3.05) is 38.1 Å². The van der Waals surface area contributed by atoms with E-state index in [1.165, 1.54) is 6.07 Å². The number of hydrogen-bond donors (Lipinski definition) is 1. The van der Waals surface area contributed by atoms with Gasteiger partial charge < -0.3 is 15.5 Å². The first kappa shape index (κ1) is 11.4. The summed E-state index contributed by atoms with van der Waals surface area (Å²) in [4.78, 5) is 4.49. The van der Waals surface area contributed by atoms with Gasteiger partial charge in [-0.2, -0.15) is 0 Å². The lowest BCUT2D eigenvalue weighted by atomic mass is 10.1. The van der Waals surface area contributed by atoms with Gasteiger partial charge in [0, 0.05) is 38.4 Å². The van der Waals surface area contributed by atoms with Crippen LogP contribution in [0.5, 0.6) is 0 Å². The average Bonchev–Trinajstić information content (AvgIpc) is 2.29. The molecule has 1 fully saturated rings. The largest absolute Gasteiger partial charge is 0.369 e. The minimum atomic E-state index is -0.197. The van der Waals surface area contributed by atoms with Crippen molar-refractivity contribution in [3.8, 4) is 0 Å². The molecule has 1 aliphatic heterocycles. The highest BCUT2D eigenvalue weighted by Crippen LogP contribution is 2.19. The summed E-state index contributed by atoms with van der Waals surface area (Å²) in [6.07, 6.45) is 0. The predicted octanol–water partition coefficient (Wildman–Crippen LogP) is 1.04. The van der Waals surface area contributed by atoms with E-state index < -0.39 is 0 Å². The molecule has 0 bridgehead atoms. The summed E-state index contributed by atoms with van der Waals surface area (Å²) in [6.45, 7) is 4.33. The summed E-state index contributed by atoms with van der Waals surface area (Å²) < 4.78 is 13.4. The Morgan fingerprint density at radius 3 is 2.50 bits per heavy atom. The van der Waals surface area contributed by atoms with Gasteiger partial charge in [0.1, 0.15) is 5.82 Å². The third-order valence-corrected chi connectivity index (χ3v) is 3.05. The first-order valence-corrected chi connectivity index (χ1v) is 5.62. The van der Waals surface area contributed by atoms with Gasteiger partial charge in [-0.1, -0.05) is 0 Å². The van der Waals surface area contributed by atoms with E-state index in [0.717, 1.165) is 37.4 Å². The second-order valence-electron chi connectivity index (χ2n) is 4.31. The molecule has 16 heavy (non-hydrogen) atoms. The number of hydrogen-bond acceptors (Lipinski definition) is 3. The van der Waals surface area contributed by atoms with Gasteiger partial charge in [-0.15, -0.1) is 0 Å². The second kappa shape index (κ2) is 4.80. The number of halogens is 1. The smallest absolute Gasteiger partial charge is 0.125 e. The zero-order chi connectivity index (χ0) is 11.5.